The van der Waals surface area contributed by atoms with Gasteiger partial charge in [-0.05, 0) is 59.7 Å². The molecule has 2 heterocycles. The minimum atomic E-state index is -0.213. The first-order valence-electron chi connectivity index (χ1n) is 7.01. The number of amides is 1. The van der Waals surface area contributed by atoms with Gasteiger partial charge in [-0.1, -0.05) is 0 Å². The number of nitrogens with one attached hydrogen (secondary N) is 1. The molecule has 0 spiro atoms. The summed E-state index contributed by atoms with van der Waals surface area (Å²) in [5.74, 6) is -0.213. The van der Waals surface area contributed by atoms with Gasteiger partial charge in [0.15, 0.2) is 5.69 Å². The lowest BCUT2D eigenvalue weighted by molar-refractivity contribution is 0.102. The Morgan fingerprint density at radius 3 is 2.38 bits per heavy atom. The molecule has 112 valence electrons. The maximum atomic E-state index is 12.3. The van der Waals surface area contributed by atoms with Crippen LogP contribution in [0.1, 0.15) is 48.3 Å². The van der Waals surface area contributed by atoms with Crippen LogP contribution in [0.3, 0.4) is 0 Å². The second kappa shape index (κ2) is 5.31. The molecule has 0 aliphatic heterocycles. The van der Waals surface area contributed by atoms with Gasteiger partial charge in [-0.3, -0.25) is 14.5 Å². The number of aryl methyl sites for hydroxylation is 3. The molecule has 0 saturated heterocycles. The number of hydrogen-bond acceptors (Lipinski definition) is 3. The zero-order valence-corrected chi connectivity index (χ0v) is 13.5. The molecule has 0 atom stereocenters. The molecule has 0 bridgehead atoms. The molecular weight excluding hydrogens is 264 g/mol. The third kappa shape index (κ3) is 3.29. The van der Waals surface area contributed by atoms with Crippen LogP contribution >= 0.6 is 0 Å². The first-order chi connectivity index (χ1) is 9.68. The monoisotopic (exact) mass is 286 g/mol. The third-order valence-corrected chi connectivity index (χ3v) is 3.23. The number of rotatable bonds is 2. The fraction of sp³-hybridized carbons (Fsp3) is 0.438. The molecule has 1 N–H and O–H groups in total. The Morgan fingerprint density at radius 1 is 1.19 bits per heavy atom. The van der Waals surface area contributed by atoms with Crippen molar-refractivity contribution in [2.45, 2.75) is 47.1 Å². The summed E-state index contributed by atoms with van der Waals surface area (Å²) >= 11 is 0. The van der Waals surface area contributed by atoms with Gasteiger partial charge in [0.2, 0.25) is 0 Å². The van der Waals surface area contributed by atoms with Crippen molar-refractivity contribution < 1.29 is 4.79 Å². The maximum absolute atomic E-state index is 12.3. The number of aromatic nitrogens is 3. The van der Waals surface area contributed by atoms with Gasteiger partial charge >= 0.3 is 0 Å². The molecule has 0 fully saturated rings. The van der Waals surface area contributed by atoms with Gasteiger partial charge in [0.25, 0.3) is 5.91 Å². The van der Waals surface area contributed by atoms with E-state index in [9.17, 15) is 4.79 Å². The standard InChI is InChI=1S/C16H22N4O/c1-10-7-8-13(12(3)17-10)18-15(21)14-9-11(2)20(19-14)16(4,5)6/h7-9H,1-6H3,(H,18,21). The van der Waals surface area contributed by atoms with Gasteiger partial charge in [-0.15, -0.1) is 0 Å². The van der Waals surface area contributed by atoms with Crippen LogP contribution in [0.2, 0.25) is 0 Å². The number of carbonyl (C=O) groups is 1. The van der Waals surface area contributed by atoms with Crippen LogP contribution in [0.25, 0.3) is 0 Å². The Bertz CT molecular complexity index is 680. The van der Waals surface area contributed by atoms with E-state index in [0.717, 1.165) is 17.1 Å². The van der Waals surface area contributed by atoms with E-state index >= 15 is 0 Å². The van der Waals surface area contributed by atoms with E-state index in [2.05, 4.69) is 36.2 Å². The predicted molar refractivity (Wildman–Crippen MR) is 83.6 cm³/mol. The van der Waals surface area contributed by atoms with Crippen LogP contribution in [0.15, 0.2) is 18.2 Å². The fourth-order valence-electron chi connectivity index (χ4n) is 2.27. The van der Waals surface area contributed by atoms with Crippen molar-refractivity contribution in [2.24, 2.45) is 0 Å². The second-order valence-electron chi connectivity index (χ2n) is 6.29. The summed E-state index contributed by atoms with van der Waals surface area (Å²) in [6.07, 6.45) is 0. The molecule has 0 unspecified atom stereocenters. The average Bonchev–Trinajstić information content (AvgIpc) is 2.75. The smallest absolute Gasteiger partial charge is 0.276 e. The Balaban J connectivity index is 2.25. The molecule has 21 heavy (non-hydrogen) atoms. The lowest BCUT2D eigenvalue weighted by Gasteiger charge is -2.21. The number of anilines is 1. The largest absolute Gasteiger partial charge is 0.319 e. The second-order valence-corrected chi connectivity index (χ2v) is 6.29. The first kappa shape index (κ1) is 15.2. The predicted octanol–water partition coefficient (Wildman–Crippen LogP) is 3.21. The Morgan fingerprint density at radius 2 is 1.86 bits per heavy atom. The average molecular weight is 286 g/mol. The highest BCUT2D eigenvalue weighted by Gasteiger charge is 2.20. The molecule has 2 aromatic rings. The topological polar surface area (TPSA) is 59.8 Å². The molecule has 0 aromatic carbocycles. The van der Waals surface area contributed by atoms with Gasteiger partial charge in [-0.2, -0.15) is 5.10 Å². The number of pyridine rings is 1. The Labute approximate surface area is 125 Å². The Hall–Kier alpha value is -2.17. The molecule has 2 aromatic heterocycles. The van der Waals surface area contributed by atoms with Gasteiger partial charge in [-0.25, -0.2) is 0 Å². The fourth-order valence-corrected chi connectivity index (χ4v) is 2.27. The minimum Gasteiger partial charge on any atom is -0.319 e. The molecule has 0 aliphatic rings. The summed E-state index contributed by atoms with van der Waals surface area (Å²) in [6, 6.07) is 5.54. The highest BCUT2D eigenvalue weighted by atomic mass is 16.2. The molecule has 1 amide bonds. The van der Waals surface area contributed by atoms with Gasteiger partial charge in [0.1, 0.15) is 0 Å². The normalized spacial score (nSPS) is 11.5. The van der Waals surface area contributed by atoms with Crippen LogP contribution in [-0.4, -0.2) is 20.7 Å². The van der Waals surface area contributed by atoms with Crippen molar-refractivity contribution in [3.63, 3.8) is 0 Å². The highest BCUT2D eigenvalue weighted by Crippen LogP contribution is 2.18. The van der Waals surface area contributed by atoms with E-state index in [1.54, 1.807) is 6.07 Å². The molecule has 5 heteroatoms. The maximum Gasteiger partial charge on any atom is 0.276 e. The lowest BCUT2D eigenvalue weighted by Crippen LogP contribution is -2.25. The summed E-state index contributed by atoms with van der Waals surface area (Å²) in [4.78, 5) is 16.7. The number of nitrogens with zero attached hydrogens (tertiary/aromatic N) is 3. The Kier molecular flexibility index (Phi) is 3.85. The van der Waals surface area contributed by atoms with Crippen molar-refractivity contribution in [2.75, 3.05) is 5.32 Å². The van der Waals surface area contributed by atoms with E-state index in [-0.39, 0.29) is 11.4 Å². The first-order valence-corrected chi connectivity index (χ1v) is 7.01. The summed E-state index contributed by atoms with van der Waals surface area (Å²) in [7, 11) is 0. The molecule has 5 nitrogen and oxygen atoms in total. The van der Waals surface area contributed by atoms with E-state index in [0.29, 0.717) is 11.4 Å². The van der Waals surface area contributed by atoms with Gasteiger partial charge < -0.3 is 5.32 Å². The van der Waals surface area contributed by atoms with E-state index < -0.39 is 0 Å². The van der Waals surface area contributed by atoms with Gasteiger partial charge in [0, 0.05) is 11.4 Å². The third-order valence-electron chi connectivity index (χ3n) is 3.23. The highest BCUT2D eigenvalue weighted by molar-refractivity contribution is 6.03. The van der Waals surface area contributed by atoms with E-state index in [1.165, 1.54) is 0 Å². The molecule has 0 radical (unpaired) electrons. The molecule has 0 aliphatic carbocycles. The van der Waals surface area contributed by atoms with Crippen molar-refractivity contribution in [3.8, 4) is 0 Å². The van der Waals surface area contributed by atoms with Gasteiger partial charge in [0.05, 0.1) is 16.9 Å². The number of hydrogen-bond donors (Lipinski definition) is 1. The summed E-state index contributed by atoms with van der Waals surface area (Å²) in [5, 5.41) is 7.28. The zero-order valence-electron chi connectivity index (χ0n) is 13.5. The molecule has 0 saturated carbocycles. The van der Waals surface area contributed by atoms with Crippen molar-refractivity contribution in [1.82, 2.24) is 14.8 Å². The van der Waals surface area contributed by atoms with Crippen LogP contribution in [-0.2, 0) is 5.54 Å². The lowest BCUT2D eigenvalue weighted by atomic mass is 10.1. The van der Waals surface area contributed by atoms with Crippen molar-refractivity contribution in [1.29, 1.82) is 0 Å². The number of carbonyl (C=O) groups excluding carboxylic acids is 1. The van der Waals surface area contributed by atoms with Crippen LogP contribution in [0.5, 0.6) is 0 Å². The van der Waals surface area contributed by atoms with Crippen LogP contribution in [0, 0.1) is 20.8 Å². The summed E-state index contributed by atoms with van der Waals surface area (Å²) in [6.45, 7) is 11.9. The van der Waals surface area contributed by atoms with Crippen molar-refractivity contribution >= 4 is 11.6 Å². The summed E-state index contributed by atoms with van der Waals surface area (Å²) in [5.41, 5.74) is 3.68. The quantitative estimate of drug-likeness (QED) is 0.922. The molecular formula is C16H22N4O. The van der Waals surface area contributed by atoms with Crippen LogP contribution < -0.4 is 5.32 Å². The molecule has 2 rings (SSSR count). The van der Waals surface area contributed by atoms with E-state index in [1.807, 2.05) is 37.6 Å². The SMILES string of the molecule is Cc1ccc(NC(=O)c2cc(C)n(C(C)(C)C)n2)c(C)n1. The van der Waals surface area contributed by atoms with E-state index in [4.69, 9.17) is 0 Å². The van der Waals surface area contributed by atoms with Crippen molar-refractivity contribution in [3.05, 3.63) is 41.0 Å². The zero-order chi connectivity index (χ0) is 15.8. The minimum absolute atomic E-state index is 0.149. The summed E-state index contributed by atoms with van der Waals surface area (Å²) < 4.78 is 1.86. The van der Waals surface area contributed by atoms with Crippen LogP contribution in [0.4, 0.5) is 5.69 Å².